The second-order valence-corrected chi connectivity index (χ2v) is 5.83. The normalized spacial score (nSPS) is 17.0. The Bertz CT molecular complexity index is 456. The fraction of sp³-hybridized carbons (Fsp3) is 0.733. The molecule has 1 aliphatic heterocycles. The summed E-state index contributed by atoms with van der Waals surface area (Å²) in [4.78, 5) is 11.6. The Hall–Kier alpha value is -1.40. The molecule has 0 aliphatic carbocycles. The average molecular weight is 292 g/mol. The summed E-state index contributed by atoms with van der Waals surface area (Å²) < 4.78 is 0. The standard InChI is InChI=1S/C15H28N6/c1-4-7-13-18-14(12(3)15(19-13)20-16)17-10-11(2)21-8-5-6-9-21/h11H,4-10,16H2,1-3H3,(H2,17,18,19,20). The van der Waals surface area contributed by atoms with Crippen LogP contribution in [0.2, 0.25) is 0 Å². The van der Waals surface area contributed by atoms with Crippen molar-refractivity contribution in [2.75, 3.05) is 30.4 Å². The van der Waals surface area contributed by atoms with Crippen LogP contribution in [-0.4, -0.2) is 40.5 Å². The molecular formula is C15H28N6. The SMILES string of the molecule is CCCc1nc(NN)c(C)c(NCC(C)N2CCCC2)n1. The number of nitrogens with two attached hydrogens (primary N) is 1. The van der Waals surface area contributed by atoms with Gasteiger partial charge in [-0.05, 0) is 46.2 Å². The van der Waals surface area contributed by atoms with Crippen LogP contribution in [0.1, 0.15) is 44.5 Å². The second-order valence-electron chi connectivity index (χ2n) is 5.83. The van der Waals surface area contributed by atoms with Crippen molar-refractivity contribution in [1.82, 2.24) is 14.9 Å². The molecule has 6 heteroatoms. The van der Waals surface area contributed by atoms with Crippen LogP contribution in [-0.2, 0) is 6.42 Å². The minimum absolute atomic E-state index is 0.519. The Morgan fingerprint density at radius 1 is 1.24 bits per heavy atom. The molecule has 2 heterocycles. The van der Waals surface area contributed by atoms with Crippen molar-refractivity contribution in [2.45, 2.75) is 52.5 Å². The molecule has 4 N–H and O–H groups in total. The van der Waals surface area contributed by atoms with Crippen molar-refractivity contribution in [3.63, 3.8) is 0 Å². The van der Waals surface area contributed by atoms with Crippen molar-refractivity contribution in [2.24, 2.45) is 5.84 Å². The zero-order chi connectivity index (χ0) is 15.2. The molecule has 0 aromatic carbocycles. The predicted molar refractivity (Wildman–Crippen MR) is 87.3 cm³/mol. The lowest BCUT2D eigenvalue weighted by Crippen LogP contribution is -2.35. The molecule has 0 amide bonds. The number of hydrazine groups is 1. The molecule has 1 fully saturated rings. The third-order valence-electron chi connectivity index (χ3n) is 4.13. The van der Waals surface area contributed by atoms with Gasteiger partial charge < -0.3 is 10.7 Å². The van der Waals surface area contributed by atoms with E-state index in [1.54, 1.807) is 0 Å². The lowest BCUT2D eigenvalue weighted by molar-refractivity contribution is 0.269. The van der Waals surface area contributed by atoms with Crippen molar-refractivity contribution in [3.8, 4) is 0 Å². The lowest BCUT2D eigenvalue weighted by atomic mass is 10.2. The maximum absolute atomic E-state index is 5.56. The molecule has 0 radical (unpaired) electrons. The molecule has 1 aromatic heterocycles. The van der Waals surface area contributed by atoms with E-state index >= 15 is 0 Å². The van der Waals surface area contributed by atoms with E-state index < -0.39 is 0 Å². The Morgan fingerprint density at radius 2 is 1.90 bits per heavy atom. The van der Waals surface area contributed by atoms with E-state index in [1.165, 1.54) is 25.9 Å². The summed E-state index contributed by atoms with van der Waals surface area (Å²) in [6.45, 7) is 9.71. The molecule has 2 rings (SSSR count). The van der Waals surface area contributed by atoms with Gasteiger partial charge in [-0.25, -0.2) is 15.8 Å². The summed E-state index contributed by atoms with van der Waals surface area (Å²) in [5, 5.41) is 3.47. The van der Waals surface area contributed by atoms with Crippen molar-refractivity contribution in [1.29, 1.82) is 0 Å². The fourth-order valence-electron chi connectivity index (χ4n) is 2.77. The highest BCUT2D eigenvalue weighted by molar-refractivity contribution is 5.56. The summed E-state index contributed by atoms with van der Waals surface area (Å²) in [5.41, 5.74) is 3.65. The van der Waals surface area contributed by atoms with Crippen LogP contribution in [0.3, 0.4) is 0 Å². The van der Waals surface area contributed by atoms with Gasteiger partial charge in [-0.3, -0.25) is 4.90 Å². The van der Waals surface area contributed by atoms with Gasteiger partial charge >= 0.3 is 0 Å². The zero-order valence-corrected chi connectivity index (χ0v) is 13.4. The maximum Gasteiger partial charge on any atom is 0.148 e. The van der Waals surface area contributed by atoms with Crippen LogP contribution in [0.15, 0.2) is 0 Å². The number of nitrogens with zero attached hydrogens (tertiary/aromatic N) is 3. The van der Waals surface area contributed by atoms with E-state index in [0.29, 0.717) is 11.9 Å². The Labute approximate surface area is 127 Å². The number of likely N-dealkylation sites (tertiary alicyclic amines) is 1. The van der Waals surface area contributed by atoms with Gasteiger partial charge in [-0.15, -0.1) is 0 Å². The number of anilines is 2. The van der Waals surface area contributed by atoms with E-state index in [1.807, 2.05) is 6.92 Å². The van der Waals surface area contributed by atoms with Gasteiger partial charge in [-0.1, -0.05) is 6.92 Å². The summed E-state index contributed by atoms with van der Waals surface area (Å²) >= 11 is 0. The molecule has 1 atom stereocenters. The first kappa shape index (κ1) is 16.0. The minimum atomic E-state index is 0.519. The number of hydrogen-bond acceptors (Lipinski definition) is 6. The number of aryl methyl sites for hydroxylation is 1. The van der Waals surface area contributed by atoms with Crippen LogP contribution in [0, 0.1) is 6.92 Å². The van der Waals surface area contributed by atoms with Crippen LogP contribution >= 0.6 is 0 Å². The zero-order valence-electron chi connectivity index (χ0n) is 13.4. The summed E-state index contributed by atoms with van der Waals surface area (Å²) in [6, 6.07) is 0.519. The predicted octanol–water partition coefficient (Wildman–Crippen LogP) is 1.92. The number of hydrogen-bond donors (Lipinski definition) is 3. The van der Waals surface area contributed by atoms with E-state index in [-0.39, 0.29) is 0 Å². The number of nitrogens with one attached hydrogen (secondary N) is 2. The van der Waals surface area contributed by atoms with E-state index in [2.05, 4.69) is 39.5 Å². The maximum atomic E-state index is 5.56. The number of rotatable bonds is 7. The van der Waals surface area contributed by atoms with Crippen molar-refractivity contribution >= 4 is 11.6 Å². The van der Waals surface area contributed by atoms with Crippen LogP contribution in [0.5, 0.6) is 0 Å². The molecule has 0 bridgehead atoms. The van der Waals surface area contributed by atoms with E-state index in [9.17, 15) is 0 Å². The van der Waals surface area contributed by atoms with Gasteiger partial charge in [0.25, 0.3) is 0 Å². The summed E-state index contributed by atoms with van der Waals surface area (Å²) in [6.07, 6.45) is 4.53. The van der Waals surface area contributed by atoms with Crippen LogP contribution in [0.25, 0.3) is 0 Å². The molecule has 0 spiro atoms. The van der Waals surface area contributed by atoms with Gasteiger partial charge in [0.1, 0.15) is 17.5 Å². The Kier molecular flexibility index (Phi) is 5.76. The van der Waals surface area contributed by atoms with E-state index in [0.717, 1.165) is 36.6 Å². The van der Waals surface area contributed by atoms with Gasteiger partial charge in [-0.2, -0.15) is 0 Å². The summed E-state index contributed by atoms with van der Waals surface area (Å²) in [7, 11) is 0. The highest BCUT2D eigenvalue weighted by Crippen LogP contribution is 2.20. The molecule has 0 saturated carbocycles. The third-order valence-corrected chi connectivity index (χ3v) is 4.13. The first-order valence-electron chi connectivity index (χ1n) is 7.97. The molecule has 1 saturated heterocycles. The van der Waals surface area contributed by atoms with E-state index in [4.69, 9.17) is 5.84 Å². The first-order chi connectivity index (χ1) is 10.2. The molecule has 118 valence electrons. The highest BCUT2D eigenvalue weighted by Gasteiger charge is 2.18. The number of nitrogen functional groups attached to an aromatic ring is 1. The molecule has 21 heavy (non-hydrogen) atoms. The lowest BCUT2D eigenvalue weighted by Gasteiger charge is -2.24. The van der Waals surface area contributed by atoms with Crippen LogP contribution in [0.4, 0.5) is 11.6 Å². The highest BCUT2D eigenvalue weighted by atomic mass is 15.3. The molecule has 6 nitrogen and oxygen atoms in total. The first-order valence-corrected chi connectivity index (χ1v) is 7.97. The molecule has 1 unspecified atom stereocenters. The fourth-order valence-corrected chi connectivity index (χ4v) is 2.77. The minimum Gasteiger partial charge on any atom is -0.368 e. The van der Waals surface area contributed by atoms with Gasteiger partial charge in [0, 0.05) is 24.6 Å². The smallest absolute Gasteiger partial charge is 0.148 e. The molecule has 1 aromatic rings. The van der Waals surface area contributed by atoms with Crippen molar-refractivity contribution in [3.05, 3.63) is 11.4 Å². The average Bonchev–Trinajstić information content (AvgIpc) is 3.01. The monoisotopic (exact) mass is 292 g/mol. The van der Waals surface area contributed by atoms with Gasteiger partial charge in [0.05, 0.1) is 0 Å². The quantitative estimate of drug-likeness (QED) is 0.526. The Balaban J connectivity index is 2.05. The second kappa shape index (κ2) is 7.56. The largest absolute Gasteiger partial charge is 0.368 e. The van der Waals surface area contributed by atoms with Gasteiger partial charge in [0.2, 0.25) is 0 Å². The Morgan fingerprint density at radius 3 is 2.52 bits per heavy atom. The summed E-state index contributed by atoms with van der Waals surface area (Å²) in [5.74, 6) is 8.01. The number of aromatic nitrogens is 2. The topological polar surface area (TPSA) is 79.1 Å². The molecular weight excluding hydrogens is 264 g/mol. The van der Waals surface area contributed by atoms with Gasteiger partial charge in [0.15, 0.2) is 0 Å². The third kappa shape index (κ3) is 4.04. The molecule has 1 aliphatic rings. The van der Waals surface area contributed by atoms with Crippen molar-refractivity contribution < 1.29 is 0 Å². The van der Waals surface area contributed by atoms with Crippen LogP contribution < -0.4 is 16.6 Å².